The molecular weight excluding hydrogens is 376 g/mol. The van der Waals surface area contributed by atoms with Crippen LogP contribution in [-0.4, -0.2) is 50.1 Å². The predicted octanol–water partition coefficient (Wildman–Crippen LogP) is 2.52. The number of esters is 1. The summed E-state index contributed by atoms with van der Waals surface area (Å²) < 4.78 is 15.7. The van der Waals surface area contributed by atoms with Gasteiger partial charge in [0.25, 0.3) is 11.8 Å². The van der Waals surface area contributed by atoms with Crippen LogP contribution in [0.1, 0.15) is 43.9 Å². The quantitative estimate of drug-likeness (QED) is 0.315. The van der Waals surface area contributed by atoms with Gasteiger partial charge >= 0.3 is 5.97 Å². The van der Waals surface area contributed by atoms with Gasteiger partial charge in [-0.3, -0.25) is 14.5 Å². The van der Waals surface area contributed by atoms with E-state index in [0.717, 1.165) is 0 Å². The molecule has 1 heterocycles. The summed E-state index contributed by atoms with van der Waals surface area (Å²) in [6, 6.07) is 9.77. The van der Waals surface area contributed by atoms with E-state index in [1.54, 1.807) is 24.3 Å². The van der Waals surface area contributed by atoms with Crippen LogP contribution in [0.3, 0.4) is 0 Å². The molecule has 1 aliphatic rings. The summed E-state index contributed by atoms with van der Waals surface area (Å²) in [6.07, 6.45) is 1.17. The molecule has 2 aromatic rings. The Hall–Kier alpha value is -3.55. The zero-order valence-electron chi connectivity index (χ0n) is 16.3. The molecule has 2 amide bonds. The summed E-state index contributed by atoms with van der Waals surface area (Å²) in [7, 11) is 2.74. The molecule has 0 aromatic heterocycles. The van der Waals surface area contributed by atoms with Gasteiger partial charge in [0.1, 0.15) is 0 Å². The van der Waals surface area contributed by atoms with E-state index in [0.29, 0.717) is 48.6 Å². The van der Waals surface area contributed by atoms with E-state index in [9.17, 15) is 14.4 Å². The van der Waals surface area contributed by atoms with Gasteiger partial charge in [0.05, 0.1) is 43.2 Å². The average molecular weight is 398 g/mol. The third-order valence-electron chi connectivity index (χ3n) is 4.65. The number of benzene rings is 2. The lowest BCUT2D eigenvalue weighted by atomic mass is 10.1. The molecule has 0 fully saturated rings. The van der Waals surface area contributed by atoms with Crippen molar-refractivity contribution in [3.05, 3.63) is 53.1 Å². The van der Waals surface area contributed by atoms with Crippen molar-refractivity contribution >= 4 is 23.5 Å². The first-order valence-corrected chi connectivity index (χ1v) is 9.11. The molecule has 0 bridgehead atoms. The van der Waals surface area contributed by atoms with Crippen molar-refractivity contribution in [2.75, 3.05) is 33.1 Å². The Bertz CT molecular complexity index is 921. The molecule has 0 radical (unpaired) electrons. The Labute approximate surface area is 168 Å². The predicted molar refractivity (Wildman–Crippen MR) is 105 cm³/mol. The fourth-order valence-electron chi connectivity index (χ4n) is 3.13. The van der Waals surface area contributed by atoms with Crippen LogP contribution in [0.4, 0.5) is 5.69 Å². The fraction of sp³-hybridized carbons (Fsp3) is 0.286. The number of nitrogen functional groups attached to an aromatic ring is 1. The number of nitrogens with two attached hydrogens (primary N) is 1. The minimum absolute atomic E-state index is 0.189. The van der Waals surface area contributed by atoms with E-state index in [4.69, 9.17) is 19.9 Å². The maximum absolute atomic E-state index is 12.3. The molecule has 3 rings (SSSR count). The van der Waals surface area contributed by atoms with E-state index in [2.05, 4.69) is 0 Å². The molecular formula is C21H22N2O6. The largest absolute Gasteiger partial charge is 0.493 e. The number of carbonyl (C=O) groups is 3. The van der Waals surface area contributed by atoms with Gasteiger partial charge in [-0.25, -0.2) is 4.79 Å². The second kappa shape index (κ2) is 8.64. The molecule has 29 heavy (non-hydrogen) atoms. The lowest BCUT2D eigenvalue weighted by Gasteiger charge is -2.15. The van der Waals surface area contributed by atoms with Crippen molar-refractivity contribution in [1.82, 2.24) is 4.90 Å². The first-order valence-electron chi connectivity index (χ1n) is 9.11. The number of ether oxygens (including phenoxy) is 3. The topological polar surface area (TPSA) is 108 Å². The smallest absolute Gasteiger partial charge is 0.340 e. The monoisotopic (exact) mass is 398 g/mol. The highest BCUT2D eigenvalue weighted by atomic mass is 16.5. The number of anilines is 1. The molecule has 152 valence electrons. The number of carbonyl (C=O) groups excluding carboxylic acids is 3. The van der Waals surface area contributed by atoms with Crippen molar-refractivity contribution in [1.29, 1.82) is 0 Å². The lowest BCUT2D eigenvalue weighted by molar-refractivity contribution is 0.0599. The number of unbranched alkanes of at least 4 members (excludes halogenated alkanes) is 1. The number of hydrogen-bond acceptors (Lipinski definition) is 7. The number of imide groups is 1. The Morgan fingerprint density at radius 1 is 1.00 bits per heavy atom. The van der Waals surface area contributed by atoms with E-state index < -0.39 is 5.97 Å². The summed E-state index contributed by atoms with van der Waals surface area (Å²) >= 11 is 0. The molecule has 0 unspecified atom stereocenters. The van der Waals surface area contributed by atoms with Gasteiger partial charge in [0.2, 0.25) is 0 Å². The van der Waals surface area contributed by atoms with E-state index in [1.165, 1.54) is 31.3 Å². The molecule has 2 N–H and O–H groups in total. The van der Waals surface area contributed by atoms with Crippen molar-refractivity contribution in [3.8, 4) is 11.5 Å². The second-order valence-electron chi connectivity index (χ2n) is 6.44. The normalized spacial score (nSPS) is 12.7. The maximum Gasteiger partial charge on any atom is 0.340 e. The van der Waals surface area contributed by atoms with Crippen LogP contribution in [0.5, 0.6) is 11.5 Å². The van der Waals surface area contributed by atoms with Gasteiger partial charge in [-0.1, -0.05) is 12.1 Å². The zero-order valence-corrected chi connectivity index (χ0v) is 16.3. The van der Waals surface area contributed by atoms with Crippen LogP contribution in [0, 0.1) is 0 Å². The van der Waals surface area contributed by atoms with Gasteiger partial charge in [0.15, 0.2) is 11.5 Å². The minimum Gasteiger partial charge on any atom is -0.493 e. The SMILES string of the molecule is COC(=O)c1cc(OCCCCN2C(=O)c3ccccc3C2=O)c(OC)cc1N. The van der Waals surface area contributed by atoms with E-state index >= 15 is 0 Å². The molecule has 8 heteroatoms. The summed E-state index contributed by atoms with van der Waals surface area (Å²) in [6.45, 7) is 0.617. The lowest BCUT2D eigenvalue weighted by Crippen LogP contribution is -2.30. The van der Waals surface area contributed by atoms with Crippen LogP contribution in [0.2, 0.25) is 0 Å². The highest BCUT2D eigenvalue weighted by molar-refractivity contribution is 6.21. The number of amides is 2. The Balaban J connectivity index is 1.56. The van der Waals surface area contributed by atoms with Gasteiger partial charge in [-0.05, 0) is 25.0 Å². The summed E-state index contributed by atoms with van der Waals surface area (Å²) in [5.41, 5.74) is 7.14. The Morgan fingerprint density at radius 2 is 1.66 bits per heavy atom. The van der Waals surface area contributed by atoms with Crippen LogP contribution < -0.4 is 15.2 Å². The summed E-state index contributed by atoms with van der Waals surface area (Å²) in [4.78, 5) is 37.7. The average Bonchev–Trinajstić information content (AvgIpc) is 2.98. The maximum atomic E-state index is 12.3. The second-order valence-corrected chi connectivity index (χ2v) is 6.44. The number of nitrogens with zero attached hydrogens (tertiary/aromatic N) is 1. The van der Waals surface area contributed by atoms with Crippen molar-refractivity contribution in [2.24, 2.45) is 0 Å². The number of fused-ring (bicyclic) bond motifs is 1. The third kappa shape index (κ3) is 4.01. The molecule has 0 saturated carbocycles. The van der Waals surface area contributed by atoms with Crippen molar-refractivity contribution in [2.45, 2.75) is 12.8 Å². The van der Waals surface area contributed by atoms with Gasteiger partial charge in [0, 0.05) is 18.7 Å². The summed E-state index contributed by atoms with van der Waals surface area (Å²) in [5, 5.41) is 0. The van der Waals surface area contributed by atoms with Crippen molar-refractivity contribution in [3.63, 3.8) is 0 Å². The zero-order chi connectivity index (χ0) is 21.0. The summed E-state index contributed by atoms with van der Waals surface area (Å²) in [5.74, 6) is -0.345. The van der Waals surface area contributed by atoms with Gasteiger partial charge in [-0.2, -0.15) is 0 Å². The van der Waals surface area contributed by atoms with E-state index in [1.807, 2.05) is 0 Å². The number of methoxy groups -OCH3 is 2. The molecule has 2 aromatic carbocycles. The van der Waals surface area contributed by atoms with Crippen molar-refractivity contribution < 1.29 is 28.6 Å². The minimum atomic E-state index is -0.569. The van der Waals surface area contributed by atoms with Gasteiger partial charge in [-0.15, -0.1) is 0 Å². The first kappa shape index (κ1) is 20.2. The first-order chi connectivity index (χ1) is 14.0. The molecule has 0 spiro atoms. The molecule has 8 nitrogen and oxygen atoms in total. The standard InChI is InChI=1S/C21H22N2O6/c1-27-17-12-16(22)15(21(26)28-2)11-18(17)29-10-6-5-9-23-19(24)13-7-3-4-8-14(13)20(23)25/h3-4,7-8,11-12H,5-6,9-10,22H2,1-2H3. The van der Waals surface area contributed by atoms with Gasteiger partial charge < -0.3 is 19.9 Å². The Morgan fingerprint density at radius 3 is 2.24 bits per heavy atom. The highest BCUT2D eigenvalue weighted by Gasteiger charge is 2.34. The number of rotatable bonds is 8. The molecule has 0 atom stereocenters. The molecule has 1 aliphatic heterocycles. The van der Waals surface area contributed by atoms with Crippen LogP contribution in [0.25, 0.3) is 0 Å². The van der Waals surface area contributed by atoms with E-state index in [-0.39, 0.29) is 23.1 Å². The third-order valence-corrected chi connectivity index (χ3v) is 4.65. The Kier molecular flexibility index (Phi) is 6.01. The van der Waals surface area contributed by atoms with Crippen LogP contribution in [0.15, 0.2) is 36.4 Å². The van der Waals surface area contributed by atoms with Crippen LogP contribution in [-0.2, 0) is 4.74 Å². The molecule has 0 aliphatic carbocycles. The highest BCUT2D eigenvalue weighted by Crippen LogP contribution is 2.32. The van der Waals surface area contributed by atoms with Crippen LogP contribution >= 0.6 is 0 Å². The number of hydrogen-bond donors (Lipinski definition) is 1. The molecule has 0 saturated heterocycles. The fourth-order valence-corrected chi connectivity index (χ4v) is 3.13.